The van der Waals surface area contributed by atoms with Crippen molar-refractivity contribution >= 4 is 11.6 Å². The number of nitrogens with zero attached hydrogens (tertiary/aromatic N) is 2. The molecule has 4 rings (SSSR count). The van der Waals surface area contributed by atoms with E-state index in [-0.39, 0.29) is 5.56 Å². The van der Waals surface area contributed by atoms with E-state index in [1.165, 1.54) is 0 Å². The fraction of sp³-hybridized carbons (Fsp3) is 0.444. The van der Waals surface area contributed by atoms with Gasteiger partial charge in [0.2, 0.25) is 0 Å². The van der Waals surface area contributed by atoms with E-state index in [1.54, 1.807) is 7.11 Å². The van der Waals surface area contributed by atoms with Crippen LogP contribution in [0.4, 0.5) is 0 Å². The van der Waals surface area contributed by atoms with E-state index in [0.29, 0.717) is 23.2 Å². The van der Waals surface area contributed by atoms with Crippen molar-refractivity contribution in [3.8, 4) is 5.75 Å². The fourth-order valence-electron chi connectivity index (χ4n) is 3.28. The summed E-state index contributed by atoms with van der Waals surface area (Å²) in [5.41, 5.74) is 2.84. The molecule has 1 fully saturated rings. The average Bonchev–Trinajstić information content (AvgIpc) is 3.41. The summed E-state index contributed by atoms with van der Waals surface area (Å²) in [6.45, 7) is 2.24. The third-order valence-corrected chi connectivity index (χ3v) is 5.22. The summed E-state index contributed by atoms with van der Waals surface area (Å²) in [6, 6.07) is 5.83. The monoisotopic (exact) mass is 345 g/mol. The number of ether oxygens (including phenoxy) is 1. The van der Waals surface area contributed by atoms with Gasteiger partial charge in [-0.15, -0.1) is 0 Å². The molecule has 0 bridgehead atoms. The molecule has 0 saturated heterocycles. The molecule has 0 amide bonds. The van der Waals surface area contributed by atoms with Gasteiger partial charge in [0.05, 0.1) is 17.8 Å². The lowest BCUT2D eigenvalue weighted by Crippen LogP contribution is -2.35. The van der Waals surface area contributed by atoms with Gasteiger partial charge in [-0.2, -0.15) is 0 Å². The van der Waals surface area contributed by atoms with Crippen LogP contribution in [0.3, 0.4) is 0 Å². The molecule has 2 aliphatic rings. The SMILES string of the molecule is COc1cccc(CN2CCc3c(nc(C4CC4)[nH]c3=O)C2)c1Cl. The van der Waals surface area contributed by atoms with E-state index < -0.39 is 0 Å². The van der Waals surface area contributed by atoms with E-state index in [9.17, 15) is 4.79 Å². The van der Waals surface area contributed by atoms with Gasteiger partial charge in [-0.25, -0.2) is 4.98 Å². The largest absolute Gasteiger partial charge is 0.495 e. The molecule has 1 aromatic heterocycles. The van der Waals surface area contributed by atoms with Gasteiger partial charge >= 0.3 is 0 Å². The summed E-state index contributed by atoms with van der Waals surface area (Å²) in [5, 5.41) is 0.656. The van der Waals surface area contributed by atoms with Crippen LogP contribution in [-0.2, 0) is 19.5 Å². The maximum Gasteiger partial charge on any atom is 0.254 e. The van der Waals surface area contributed by atoms with E-state index in [2.05, 4.69) is 9.88 Å². The number of nitrogens with one attached hydrogen (secondary N) is 1. The van der Waals surface area contributed by atoms with Crippen molar-refractivity contribution in [3.05, 3.63) is 56.2 Å². The van der Waals surface area contributed by atoms with Gasteiger partial charge in [0.1, 0.15) is 11.6 Å². The van der Waals surface area contributed by atoms with Crippen molar-refractivity contribution in [1.82, 2.24) is 14.9 Å². The molecule has 0 atom stereocenters. The topological polar surface area (TPSA) is 58.2 Å². The van der Waals surface area contributed by atoms with Crippen molar-refractivity contribution in [1.29, 1.82) is 0 Å². The first-order valence-corrected chi connectivity index (χ1v) is 8.69. The maximum absolute atomic E-state index is 12.3. The normalized spacial score (nSPS) is 17.6. The minimum absolute atomic E-state index is 0.0426. The predicted octanol–water partition coefficient (Wildman–Crippen LogP) is 2.87. The Morgan fingerprint density at radius 2 is 2.25 bits per heavy atom. The molecule has 1 N–H and O–H groups in total. The highest BCUT2D eigenvalue weighted by molar-refractivity contribution is 6.32. The highest BCUT2D eigenvalue weighted by Crippen LogP contribution is 2.38. The molecule has 126 valence electrons. The molecule has 0 radical (unpaired) electrons. The van der Waals surface area contributed by atoms with E-state index in [4.69, 9.17) is 21.3 Å². The molecule has 6 heteroatoms. The minimum Gasteiger partial charge on any atom is -0.495 e. The number of halogens is 1. The van der Waals surface area contributed by atoms with Gasteiger partial charge in [-0.3, -0.25) is 9.69 Å². The lowest BCUT2D eigenvalue weighted by atomic mass is 10.1. The summed E-state index contributed by atoms with van der Waals surface area (Å²) in [5.74, 6) is 2.00. The van der Waals surface area contributed by atoms with Gasteiger partial charge in [0, 0.05) is 31.1 Å². The van der Waals surface area contributed by atoms with Crippen molar-refractivity contribution in [2.24, 2.45) is 0 Å². The lowest BCUT2D eigenvalue weighted by molar-refractivity contribution is 0.239. The van der Waals surface area contributed by atoms with Crippen LogP contribution >= 0.6 is 11.6 Å². The van der Waals surface area contributed by atoms with E-state index >= 15 is 0 Å². The van der Waals surface area contributed by atoms with Crippen LogP contribution in [0.15, 0.2) is 23.0 Å². The highest BCUT2D eigenvalue weighted by atomic mass is 35.5. The number of aromatic nitrogens is 2. The van der Waals surface area contributed by atoms with Gasteiger partial charge in [0.25, 0.3) is 5.56 Å². The Hall–Kier alpha value is -1.85. The quantitative estimate of drug-likeness (QED) is 0.925. The van der Waals surface area contributed by atoms with E-state index in [0.717, 1.165) is 55.0 Å². The van der Waals surface area contributed by atoms with Gasteiger partial charge < -0.3 is 9.72 Å². The first-order valence-electron chi connectivity index (χ1n) is 8.31. The Labute approximate surface area is 145 Å². The van der Waals surface area contributed by atoms with Crippen molar-refractivity contribution in [2.45, 2.75) is 38.3 Å². The number of H-pyrrole nitrogens is 1. The Balaban J connectivity index is 1.57. The smallest absolute Gasteiger partial charge is 0.254 e. The van der Waals surface area contributed by atoms with E-state index in [1.807, 2.05) is 18.2 Å². The number of aromatic amines is 1. The second-order valence-electron chi connectivity index (χ2n) is 6.54. The predicted molar refractivity (Wildman–Crippen MR) is 92.7 cm³/mol. The van der Waals surface area contributed by atoms with Crippen LogP contribution in [-0.4, -0.2) is 28.5 Å². The zero-order valence-corrected chi connectivity index (χ0v) is 14.4. The molecule has 2 heterocycles. The Morgan fingerprint density at radius 1 is 1.42 bits per heavy atom. The third-order valence-electron chi connectivity index (χ3n) is 4.79. The molecule has 1 aromatic carbocycles. The lowest BCUT2D eigenvalue weighted by Gasteiger charge is -2.28. The van der Waals surface area contributed by atoms with Crippen LogP contribution in [0, 0.1) is 0 Å². The van der Waals surface area contributed by atoms with Gasteiger partial charge in [-0.05, 0) is 30.9 Å². The number of hydrogen-bond acceptors (Lipinski definition) is 4. The van der Waals surface area contributed by atoms with Crippen LogP contribution in [0.1, 0.15) is 41.4 Å². The standard InChI is InChI=1S/C18H20ClN3O2/c1-24-15-4-2-3-12(16(15)19)9-22-8-7-13-14(10-22)20-17(11-5-6-11)21-18(13)23/h2-4,11H,5-10H2,1H3,(H,20,21,23). The summed E-state index contributed by atoms with van der Waals surface area (Å²) in [6.07, 6.45) is 2.99. The molecule has 0 unspecified atom stereocenters. The highest BCUT2D eigenvalue weighted by Gasteiger charge is 2.29. The fourth-order valence-corrected chi connectivity index (χ4v) is 3.54. The van der Waals surface area contributed by atoms with Gasteiger partial charge in [0.15, 0.2) is 0 Å². The second-order valence-corrected chi connectivity index (χ2v) is 6.92. The van der Waals surface area contributed by atoms with Crippen LogP contribution < -0.4 is 10.3 Å². The molecule has 2 aromatic rings. The Morgan fingerprint density at radius 3 is 3.00 bits per heavy atom. The van der Waals surface area contributed by atoms with Gasteiger partial charge in [-0.1, -0.05) is 23.7 Å². The van der Waals surface area contributed by atoms with Crippen molar-refractivity contribution in [2.75, 3.05) is 13.7 Å². The third kappa shape index (κ3) is 2.94. The Bertz CT molecular complexity index is 829. The zero-order valence-electron chi connectivity index (χ0n) is 13.6. The van der Waals surface area contributed by atoms with Crippen molar-refractivity contribution < 1.29 is 4.74 Å². The molecule has 0 spiro atoms. The van der Waals surface area contributed by atoms with Crippen LogP contribution in [0.25, 0.3) is 0 Å². The number of fused-ring (bicyclic) bond motifs is 1. The second kappa shape index (κ2) is 6.22. The molecule has 5 nitrogen and oxygen atoms in total. The summed E-state index contributed by atoms with van der Waals surface area (Å²) < 4.78 is 5.29. The first kappa shape index (κ1) is 15.7. The summed E-state index contributed by atoms with van der Waals surface area (Å²) in [7, 11) is 1.62. The summed E-state index contributed by atoms with van der Waals surface area (Å²) in [4.78, 5) is 22.2. The molecular formula is C18H20ClN3O2. The minimum atomic E-state index is 0.0426. The average molecular weight is 346 g/mol. The maximum atomic E-state index is 12.3. The first-order chi connectivity index (χ1) is 11.7. The van der Waals surface area contributed by atoms with Crippen LogP contribution in [0.5, 0.6) is 5.75 Å². The molecular weight excluding hydrogens is 326 g/mol. The zero-order chi connectivity index (χ0) is 16.7. The van der Waals surface area contributed by atoms with Crippen LogP contribution in [0.2, 0.25) is 5.02 Å². The molecule has 24 heavy (non-hydrogen) atoms. The molecule has 1 aliphatic heterocycles. The Kier molecular flexibility index (Phi) is 4.06. The number of benzene rings is 1. The molecule has 1 aliphatic carbocycles. The number of rotatable bonds is 4. The summed E-state index contributed by atoms with van der Waals surface area (Å²) >= 11 is 6.41. The number of methoxy groups -OCH3 is 1. The van der Waals surface area contributed by atoms with Crippen molar-refractivity contribution in [3.63, 3.8) is 0 Å². The number of hydrogen-bond donors (Lipinski definition) is 1. The molecule has 1 saturated carbocycles.